The Balaban J connectivity index is 1.93. The number of pyridine rings is 1. The SMILES string of the molecule is CCNCc1ccc(N(CC)CC2CCCO2)nc1. The van der Waals surface area contributed by atoms with Crippen LogP contribution in [0.1, 0.15) is 32.3 Å². The lowest BCUT2D eigenvalue weighted by Crippen LogP contribution is -2.32. The lowest BCUT2D eigenvalue weighted by Gasteiger charge is -2.25. The summed E-state index contributed by atoms with van der Waals surface area (Å²) in [5.74, 6) is 1.05. The van der Waals surface area contributed by atoms with Crippen molar-refractivity contribution >= 4 is 5.82 Å². The Morgan fingerprint density at radius 3 is 2.89 bits per heavy atom. The second kappa shape index (κ2) is 7.46. The second-order valence-electron chi connectivity index (χ2n) is 4.98. The molecule has 4 nitrogen and oxygen atoms in total. The second-order valence-corrected chi connectivity index (χ2v) is 4.98. The molecule has 1 aliphatic rings. The van der Waals surface area contributed by atoms with Crippen molar-refractivity contribution < 1.29 is 4.74 Å². The fourth-order valence-electron chi connectivity index (χ4n) is 2.40. The molecule has 106 valence electrons. The summed E-state index contributed by atoms with van der Waals surface area (Å²) >= 11 is 0. The maximum Gasteiger partial charge on any atom is 0.128 e. The molecule has 2 rings (SSSR count). The van der Waals surface area contributed by atoms with Crippen LogP contribution in [0.5, 0.6) is 0 Å². The fourth-order valence-corrected chi connectivity index (χ4v) is 2.40. The minimum Gasteiger partial charge on any atom is -0.376 e. The topological polar surface area (TPSA) is 37.4 Å². The van der Waals surface area contributed by atoms with Crippen molar-refractivity contribution in [2.24, 2.45) is 0 Å². The Morgan fingerprint density at radius 1 is 1.42 bits per heavy atom. The molecule has 1 atom stereocenters. The van der Waals surface area contributed by atoms with Crippen LogP contribution < -0.4 is 10.2 Å². The molecular formula is C15H25N3O. The lowest BCUT2D eigenvalue weighted by atomic mass is 10.2. The Morgan fingerprint density at radius 2 is 2.32 bits per heavy atom. The summed E-state index contributed by atoms with van der Waals surface area (Å²) < 4.78 is 5.70. The van der Waals surface area contributed by atoms with Gasteiger partial charge in [0.25, 0.3) is 0 Å². The monoisotopic (exact) mass is 263 g/mol. The van der Waals surface area contributed by atoms with Crippen LogP contribution in [0, 0.1) is 0 Å². The van der Waals surface area contributed by atoms with E-state index >= 15 is 0 Å². The highest BCUT2D eigenvalue weighted by atomic mass is 16.5. The number of rotatable bonds is 7. The van der Waals surface area contributed by atoms with Crippen molar-refractivity contribution in [3.63, 3.8) is 0 Å². The van der Waals surface area contributed by atoms with Gasteiger partial charge in [0.2, 0.25) is 0 Å². The molecule has 1 aromatic rings. The number of hydrogen-bond donors (Lipinski definition) is 1. The molecule has 0 bridgehead atoms. The van der Waals surface area contributed by atoms with E-state index in [1.165, 1.54) is 18.4 Å². The zero-order valence-corrected chi connectivity index (χ0v) is 12.1. The van der Waals surface area contributed by atoms with E-state index < -0.39 is 0 Å². The predicted octanol–water partition coefficient (Wildman–Crippen LogP) is 2.20. The average molecular weight is 263 g/mol. The molecule has 0 spiro atoms. The number of ether oxygens (including phenoxy) is 1. The van der Waals surface area contributed by atoms with Crippen LogP contribution in [-0.2, 0) is 11.3 Å². The number of nitrogens with one attached hydrogen (secondary N) is 1. The van der Waals surface area contributed by atoms with Crippen molar-refractivity contribution in [3.05, 3.63) is 23.9 Å². The molecular weight excluding hydrogens is 238 g/mol. The molecule has 19 heavy (non-hydrogen) atoms. The normalized spacial score (nSPS) is 18.7. The quantitative estimate of drug-likeness (QED) is 0.818. The van der Waals surface area contributed by atoms with Gasteiger partial charge in [-0.25, -0.2) is 4.98 Å². The van der Waals surface area contributed by atoms with Crippen molar-refractivity contribution in [2.45, 2.75) is 39.3 Å². The first-order valence-corrected chi connectivity index (χ1v) is 7.35. The Bertz CT molecular complexity index is 360. The van der Waals surface area contributed by atoms with Crippen molar-refractivity contribution in [1.29, 1.82) is 0 Å². The molecule has 4 heteroatoms. The third-order valence-corrected chi connectivity index (χ3v) is 3.54. The van der Waals surface area contributed by atoms with Gasteiger partial charge in [-0.05, 0) is 37.9 Å². The van der Waals surface area contributed by atoms with E-state index in [0.717, 1.165) is 38.6 Å². The molecule has 1 aliphatic heterocycles. The number of aromatic nitrogens is 1. The maximum absolute atomic E-state index is 5.70. The number of nitrogens with zero attached hydrogens (tertiary/aromatic N) is 2. The van der Waals surface area contributed by atoms with Gasteiger partial charge in [0.15, 0.2) is 0 Å². The number of likely N-dealkylation sites (N-methyl/N-ethyl adjacent to an activating group) is 1. The molecule has 2 heterocycles. The number of hydrogen-bond acceptors (Lipinski definition) is 4. The van der Waals surface area contributed by atoms with Gasteiger partial charge in [-0.1, -0.05) is 13.0 Å². The van der Waals surface area contributed by atoms with Gasteiger partial charge in [0.1, 0.15) is 5.82 Å². The van der Waals surface area contributed by atoms with Crippen LogP contribution in [0.4, 0.5) is 5.82 Å². The van der Waals surface area contributed by atoms with Crippen LogP contribution >= 0.6 is 0 Å². The molecule has 1 saturated heterocycles. The first-order chi connectivity index (χ1) is 9.33. The van der Waals surface area contributed by atoms with Crippen molar-refractivity contribution in [2.75, 3.05) is 31.1 Å². The van der Waals surface area contributed by atoms with E-state index in [1.54, 1.807) is 0 Å². The molecule has 0 saturated carbocycles. The van der Waals surface area contributed by atoms with Crippen molar-refractivity contribution in [1.82, 2.24) is 10.3 Å². The van der Waals surface area contributed by atoms with E-state index in [9.17, 15) is 0 Å². The van der Waals surface area contributed by atoms with Gasteiger partial charge in [-0.15, -0.1) is 0 Å². The van der Waals surface area contributed by atoms with Gasteiger partial charge in [-0.2, -0.15) is 0 Å². The molecule has 1 aromatic heterocycles. The standard InChI is InChI=1S/C15H25N3O/c1-3-16-10-13-7-8-15(17-11-13)18(4-2)12-14-6-5-9-19-14/h7-8,11,14,16H,3-6,9-10,12H2,1-2H3. The summed E-state index contributed by atoms with van der Waals surface area (Å²) in [7, 11) is 0. The molecule has 0 radical (unpaired) electrons. The third kappa shape index (κ3) is 4.18. The first-order valence-electron chi connectivity index (χ1n) is 7.35. The summed E-state index contributed by atoms with van der Waals surface area (Å²) in [5, 5.41) is 3.31. The van der Waals surface area contributed by atoms with Crippen LogP contribution in [0.3, 0.4) is 0 Å². The first kappa shape index (κ1) is 14.3. The van der Waals surface area contributed by atoms with Gasteiger partial charge in [0.05, 0.1) is 6.10 Å². The van der Waals surface area contributed by atoms with Crippen LogP contribution in [0.25, 0.3) is 0 Å². The molecule has 1 fully saturated rings. The minimum atomic E-state index is 0.378. The van der Waals surface area contributed by atoms with Crippen LogP contribution in [-0.4, -0.2) is 37.3 Å². The summed E-state index contributed by atoms with van der Waals surface area (Å²) in [5.41, 5.74) is 1.23. The lowest BCUT2D eigenvalue weighted by molar-refractivity contribution is 0.115. The predicted molar refractivity (Wildman–Crippen MR) is 78.5 cm³/mol. The van der Waals surface area contributed by atoms with Gasteiger partial charge >= 0.3 is 0 Å². The summed E-state index contributed by atoms with van der Waals surface area (Å²) in [6.07, 6.45) is 4.71. The average Bonchev–Trinajstić information content (AvgIpc) is 2.96. The zero-order valence-electron chi connectivity index (χ0n) is 12.1. The fraction of sp³-hybridized carbons (Fsp3) is 0.667. The summed E-state index contributed by atoms with van der Waals surface area (Å²) in [4.78, 5) is 6.87. The van der Waals surface area contributed by atoms with E-state index in [4.69, 9.17) is 4.74 Å². The van der Waals surface area contributed by atoms with E-state index in [-0.39, 0.29) is 0 Å². The van der Waals surface area contributed by atoms with Gasteiger partial charge in [-0.3, -0.25) is 0 Å². The molecule has 1 N–H and O–H groups in total. The van der Waals surface area contributed by atoms with E-state index in [0.29, 0.717) is 6.10 Å². The highest BCUT2D eigenvalue weighted by molar-refractivity contribution is 5.39. The van der Waals surface area contributed by atoms with Crippen LogP contribution in [0.15, 0.2) is 18.3 Å². The van der Waals surface area contributed by atoms with Gasteiger partial charge < -0.3 is 15.0 Å². The third-order valence-electron chi connectivity index (χ3n) is 3.54. The Kier molecular flexibility index (Phi) is 5.61. The molecule has 0 aromatic carbocycles. The molecule has 0 aliphatic carbocycles. The van der Waals surface area contributed by atoms with E-state index in [1.807, 2.05) is 6.20 Å². The number of anilines is 1. The minimum absolute atomic E-state index is 0.378. The van der Waals surface area contributed by atoms with Gasteiger partial charge in [0, 0.05) is 32.4 Å². The largest absolute Gasteiger partial charge is 0.376 e. The highest BCUT2D eigenvalue weighted by Crippen LogP contribution is 2.17. The molecule has 1 unspecified atom stereocenters. The Hall–Kier alpha value is -1.13. The summed E-state index contributed by atoms with van der Waals surface area (Å²) in [6.45, 7) is 9.00. The van der Waals surface area contributed by atoms with Crippen molar-refractivity contribution in [3.8, 4) is 0 Å². The highest BCUT2D eigenvalue weighted by Gasteiger charge is 2.19. The maximum atomic E-state index is 5.70. The summed E-state index contributed by atoms with van der Waals surface area (Å²) in [6, 6.07) is 4.27. The molecule has 0 amide bonds. The Labute approximate surface area is 116 Å². The van der Waals surface area contributed by atoms with E-state index in [2.05, 4.69) is 41.2 Å². The zero-order chi connectivity index (χ0) is 13.5. The van der Waals surface area contributed by atoms with Crippen LogP contribution in [0.2, 0.25) is 0 Å². The smallest absolute Gasteiger partial charge is 0.128 e.